The van der Waals surface area contributed by atoms with E-state index in [0.717, 1.165) is 51.4 Å². The van der Waals surface area contributed by atoms with Gasteiger partial charge < -0.3 is 25.4 Å². The van der Waals surface area contributed by atoms with Crippen molar-refractivity contribution < 1.29 is 14.6 Å². The summed E-state index contributed by atoms with van der Waals surface area (Å²) in [7, 11) is 0. The van der Waals surface area contributed by atoms with Gasteiger partial charge in [-0.05, 0) is 29.7 Å². The molecule has 4 rings (SSSR count). The number of hydrogen-bond acceptors (Lipinski definition) is 6. The van der Waals surface area contributed by atoms with Crippen LogP contribution in [-0.2, 0) is 17.8 Å². The van der Waals surface area contributed by atoms with E-state index in [2.05, 4.69) is 44.7 Å². The summed E-state index contributed by atoms with van der Waals surface area (Å²) in [5, 5.41) is 16.5. The molecular weight excluding hydrogens is 392 g/mol. The molecule has 0 bridgehead atoms. The molecule has 31 heavy (non-hydrogen) atoms. The smallest absolute Gasteiger partial charge is 0.258 e. The van der Waals surface area contributed by atoms with Gasteiger partial charge in [0, 0.05) is 52.4 Å². The number of benzene rings is 2. The maximum atomic E-state index is 12.3. The van der Waals surface area contributed by atoms with Crippen LogP contribution in [0.2, 0.25) is 0 Å². The first-order valence-electron chi connectivity index (χ1n) is 11.1. The van der Waals surface area contributed by atoms with Gasteiger partial charge >= 0.3 is 0 Å². The fraction of sp³-hybridized carbons (Fsp3) is 0.458. The number of aliphatic hydroxyl groups excluding tert-OH is 1. The predicted molar refractivity (Wildman–Crippen MR) is 121 cm³/mol. The molecule has 2 aliphatic rings. The Morgan fingerprint density at radius 1 is 1.06 bits per heavy atom. The highest BCUT2D eigenvalue weighted by molar-refractivity contribution is 5.77. The summed E-state index contributed by atoms with van der Waals surface area (Å²) in [6.45, 7) is 6.18. The van der Waals surface area contributed by atoms with Crippen molar-refractivity contribution in [3.63, 3.8) is 0 Å². The standard InChI is InChI=1S/C24H32N4O3/c29-21(17-27-12-9-19-5-1-2-6-20(19)16-27)15-26-24(30)18-31-23-8-4-3-7-22(23)28-13-10-25-11-14-28/h1-8,21,25,29H,9-18H2,(H,26,30)/t21-/m0/s1. The Labute approximate surface area is 184 Å². The molecule has 2 aromatic carbocycles. The fourth-order valence-electron chi connectivity index (χ4n) is 4.24. The highest BCUT2D eigenvalue weighted by atomic mass is 16.5. The third kappa shape index (κ3) is 5.97. The molecule has 0 spiro atoms. The minimum Gasteiger partial charge on any atom is -0.482 e. The van der Waals surface area contributed by atoms with Gasteiger partial charge in [-0.3, -0.25) is 9.69 Å². The van der Waals surface area contributed by atoms with Crippen molar-refractivity contribution in [2.45, 2.75) is 19.1 Å². The van der Waals surface area contributed by atoms with Gasteiger partial charge in [0.05, 0.1) is 11.8 Å². The zero-order chi connectivity index (χ0) is 21.5. The van der Waals surface area contributed by atoms with Crippen molar-refractivity contribution in [2.24, 2.45) is 0 Å². The Bertz CT molecular complexity index is 869. The molecule has 3 N–H and O–H groups in total. The summed E-state index contributed by atoms with van der Waals surface area (Å²) in [6, 6.07) is 16.3. The number of ether oxygens (including phenoxy) is 1. The van der Waals surface area contributed by atoms with Crippen LogP contribution in [0.5, 0.6) is 5.75 Å². The van der Waals surface area contributed by atoms with E-state index in [-0.39, 0.29) is 19.1 Å². The summed E-state index contributed by atoms with van der Waals surface area (Å²) in [4.78, 5) is 16.8. The number of carbonyl (C=O) groups excluding carboxylic acids is 1. The summed E-state index contributed by atoms with van der Waals surface area (Å²) in [5.41, 5.74) is 3.73. The summed E-state index contributed by atoms with van der Waals surface area (Å²) < 4.78 is 5.81. The Morgan fingerprint density at radius 3 is 2.65 bits per heavy atom. The molecule has 0 radical (unpaired) electrons. The number of anilines is 1. The van der Waals surface area contributed by atoms with Crippen molar-refractivity contribution in [3.05, 3.63) is 59.7 Å². The molecule has 2 aliphatic heterocycles. The molecule has 2 heterocycles. The predicted octanol–water partition coefficient (Wildman–Crippen LogP) is 1.01. The quantitative estimate of drug-likeness (QED) is 0.587. The summed E-state index contributed by atoms with van der Waals surface area (Å²) in [6.07, 6.45) is 0.387. The molecule has 1 saturated heterocycles. The number of fused-ring (bicyclic) bond motifs is 1. The monoisotopic (exact) mass is 424 g/mol. The summed E-state index contributed by atoms with van der Waals surface area (Å²) in [5.74, 6) is 0.491. The van der Waals surface area contributed by atoms with Crippen LogP contribution in [-0.4, -0.2) is 74.4 Å². The molecule has 7 nitrogen and oxygen atoms in total. The van der Waals surface area contributed by atoms with Crippen LogP contribution in [0, 0.1) is 0 Å². The molecule has 0 aromatic heterocycles. The topological polar surface area (TPSA) is 77.1 Å². The molecule has 0 unspecified atom stereocenters. The van der Waals surface area contributed by atoms with E-state index < -0.39 is 6.10 Å². The first kappa shape index (κ1) is 21.6. The van der Waals surface area contributed by atoms with Crippen molar-refractivity contribution in [1.82, 2.24) is 15.5 Å². The van der Waals surface area contributed by atoms with E-state index in [1.807, 2.05) is 24.3 Å². The van der Waals surface area contributed by atoms with Crippen LogP contribution < -0.4 is 20.3 Å². The number of piperazine rings is 1. The third-order valence-electron chi connectivity index (χ3n) is 5.90. The molecule has 2 aromatic rings. The zero-order valence-corrected chi connectivity index (χ0v) is 17.9. The van der Waals surface area contributed by atoms with Crippen LogP contribution in [0.3, 0.4) is 0 Å². The molecule has 1 atom stereocenters. The third-order valence-corrected chi connectivity index (χ3v) is 5.90. The molecule has 166 valence electrons. The fourth-order valence-corrected chi connectivity index (χ4v) is 4.24. The van der Waals surface area contributed by atoms with E-state index >= 15 is 0 Å². The van der Waals surface area contributed by atoms with Crippen LogP contribution in [0.4, 0.5) is 5.69 Å². The minimum absolute atomic E-state index is 0.0626. The average molecular weight is 425 g/mol. The largest absolute Gasteiger partial charge is 0.482 e. The van der Waals surface area contributed by atoms with E-state index in [1.165, 1.54) is 11.1 Å². The molecule has 1 fully saturated rings. The van der Waals surface area contributed by atoms with Crippen LogP contribution in [0.15, 0.2) is 48.5 Å². The number of β-amino-alcohol motifs (C(OH)–C–C–N with tert-alkyl or cyclic N) is 1. The maximum Gasteiger partial charge on any atom is 0.258 e. The molecule has 0 saturated carbocycles. The van der Waals surface area contributed by atoms with Crippen LogP contribution >= 0.6 is 0 Å². The number of para-hydroxylation sites is 2. The second kappa shape index (κ2) is 10.6. The molecule has 1 amide bonds. The highest BCUT2D eigenvalue weighted by Gasteiger charge is 2.19. The minimum atomic E-state index is -0.609. The van der Waals surface area contributed by atoms with Gasteiger partial charge in [0.15, 0.2) is 6.61 Å². The second-order valence-corrected chi connectivity index (χ2v) is 8.21. The Balaban J connectivity index is 1.20. The first-order valence-corrected chi connectivity index (χ1v) is 11.1. The Kier molecular flexibility index (Phi) is 7.40. The van der Waals surface area contributed by atoms with Gasteiger partial charge in [0.2, 0.25) is 0 Å². The van der Waals surface area contributed by atoms with Gasteiger partial charge in [0.1, 0.15) is 5.75 Å². The lowest BCUT2D eigenvalue weighted by molar-refractivity contribution is -0.123. The lowest BCUT2D eigenvalue weighted by Crippen LogP contribution is -2.44. The van der Waals surface area contributed by atoms with Crippen molar-refractivity contribution in [3.8, 4) is 5.75 Å². The van der Waals surface area contributed by atoms with Crippen LogP contribution in [0.1, 0.15) is 11.1 Å². The highest BCUT2D eigenvalue weighted by Crippen LogP contribution is 2.28. The van der Waals surface area contributed by atoms with Crippen LogP contribution in [0.25, 0.3) is 0 Å². The number of rotatable bonds is 8. The van der Waals surface area contributed by atoms with E-state index in [4.69, 9.17) is 4.74 Å². The van der Waals surface area contributed by atoms with Gasteiger partial charge in [-0.25, -0.2) is 0 Å². The van der Waals surface area contributed by atoms with E-state index in [9.17, 15) is 9.90 Å². The Hall–Kier alpha value is -2.61. The van der Waals surface area contributed by atoms with Crippen molar-refractivity contribution >= 4 is 11.6 Å². The molecule has 0 aliphatic carbocycles. The lowest BCUT2D eigenvalue weighted by atomic mass is 10.00. The van der Waals surface area contributed by atoms with Crippen molar-refractivity contribution in [1.29, 1.82) is 0 Å². The number of hydrogen-bond donors (Lipinski definition) is 3. The Morgan fingerprint density at radius 2 is 1.81 bits per heavy atom. The zero-order valence-electron chi connectivity index (χ0n) is 17.9. The maximum absolute atomic E-state index is 12.3. The van der Waals surface area contributed by atoms with E-state index in [0.29, 0.717) is 12.3 Å². The number of carbonyl (C=O) groups is 1. The number of amides is 1. The molecular formula is C24H32N4O3. The van der Waals surface area contributed by atoms with Gasteiger partial charge in [-0.15, -0.1) is 0 Å². The lowest BCUT2D eigenvalue weighted by Gasteiger charge is -2.31. The molecule has 7 heteroatoms. The number of nitrogens with one attached hydrogen (secondary N) is 2. The second-order valence-electron chi connectivity index (χ2n) is 8.21. The number of nitrogens with zero attached hydrogens (tertiary/aromatic N) is 2. The SMILES string of the molecule is O=C(COc1ccccc1N1CCNCC1)NC[C@H](O)CN1CCc2ccccc2C1. The van der Waals surface area contributed by atoms with Gasteiger partial charge in [-0.2, -0.15) is 0 Å². The average Bonchev–Trinajstić information content (AvgIpc) is 2.82. The van der Waals surface area contributed by atoms with Gasteiger partial charge in [-0.1, -0.05) is 36.4 Å². The van der Waals surface area contributed by atoms with Crippen molar-refractivity contribution in [2.75, 3.05) is 57.3 Å². The number of aliphatic hydroxyl groups is 1. The van der Waals surface area contributed by atoms with Gasteiger partial charge in [0.25, 0.3) is 5.91 Å². The first-order chi connectivity index (χ1) is 15.2. The summed E-state index contributed by atoms with van der Waals surface area (Å²) >= 11 is 0. The normalized spacial score (nSPS) is 17.6. The van der Waals surface area contributed by atoms with E-state index in [1.54, 1.807) is 0 Å².